The molecule has 2 aromatic carbocycles. The first-order chi connectivity index (χ1) is 15.5. The number of likely N-dealkylation sites (tertiary alicyclic amines) is 1. The molecule has 32 heavy (non-hydrogen) atoms. The first-order valence-electron chi connectivity index (χ1n) is 11.6. The summed E-state index contributed by atoms with van der Waals surface area (Å²) >= 11 is 1.83. The minimum absolute atomic E-state index is 0.310. The molecule has 1 fully saturated rings. The summed E-state index contributed by atoms with van der Waals surface area (Å²) in [4.78, 5) is 5.75. The Balaban J connectivity index is 1.18. The van der Waals surface area contributed by atoms with Gasteiger partial charge in [-0.1, -0.05) is 12.1 Å². The molecule has 4 nitrogen and oxygen atoms in total. The van der Waals surface area contributed by atoms with Gasteiger partial charge in [0.05, 0.1) is 0 Å². The van der Waals surface area contributed by atoms with Crippen LogP contribution in [0, 0.1) is 13.8 Å². The fourth-order valence-corrected chi connectivity index (χ4v) is 6.05. The van der Waals surface area contributed by atoms with Gasteiger partial charge in [-0.15, -0.1) is 11.3 Å². The number of aliphatic hydroxyl groups excluding tert-OH is 1. The number of aryl methyl sites for hydroxylation is 2. The summed E-state index contributed by atoms with van der Waals surface area (Å²) in [7, 11) is 0. The molecular weight excluding hydrogens is 416 g/mol. The third-order valence-electron chi connectivity index (χ3n) is 6.91. The number of ether oxygens (including phenoxy) is 1. The first kappa shape index (κ1) is 21.5. The molecule has 168 valence electrons. The molecule has 5 rings (SSSR count). The molecule has 2 aromatic heterocycles. The van der Waals surface area contributed by atoms with Crippen molar-refractivity contribution in [2.24, 2.45) is 0 Å². The number of nitrogens with zero attached hydrogens (tertiary/aromatic N) is 1. The van der Waals surface area contributed by atoms with Crippen LogP contribution in [0.2, 0.25) is 0 Å². The van der Waals surface area contributed by atoms with E-state index >= 15 is 0 Å². The maximum absolute atomic E-state index is 10.7. The van der Waals surface area contributed by atoms with Gasteiger partial charge in [-0.05, 0) is 98.3 Å². The number of hydrogen-bond donors (Lipinski definition) is 2. The Morgan fingerprint density at radius 1 is 1.19 bits per heavy atom. The fraction of sp³-hybridized carbons (Fsp3) is 0.407. The van der Waals surface area contributed by atoms with E-state index in [1.165, 1.54) is 21.2 Å². The Hall–Kier alpha value is -2.34. The monoisotopic (exact) mass is 448 g/mol. The molecule has 1 saturated heterocycles. The Kier molecular flexibility index (Phi) is 5.97. The van der Waals surface area contributed by atoms with E-state index in [1.807, 2.05) is 30.4 Å². The molecule has 5 heteroatoms. The van der Waals surface area contributed by atoms with Crippen LogP contribution in [-0.4, -0.2) is 46.8 Å². The van der Waals surface area contributed by atoms with E-state index in [4.69, 9.17) is 4.74 Å². The van der Waals surface area contributed by atoms with Crippen LogP contribution in [0.4, 0.5) is 0 Å². The van der Waals surface area contributed by atoms with Crippen LogP contribution in [0.1, 0.15) is 42.5 Å². The third-order valence-corrected chi connectivity index (χ3v) is 7.99. The summed E-state index contributed by atoms with van der Waals surface area (Å²) in [5.74, 6) is 1.42. The van der Waals surface area contributed by atoms with Gasteiger partial charge in [0.25, 0.3) is 0 Å². The van der Waals surface area contributed by atoms with E-state index in [1.54, 1.807) is 0 Å². The Labute approximate surface area is 193 Å². The summed E-state index contributed by atoms with van der Waals surface area (Å²) in [5, 5.41) is 15.4. The highest BCUT2D eigenvalue weighted by Crippen LogP contribution is 2.35. The lowest BCUT2D eigenvalue weighted by atomic mass is 9.85. The highest BCUT2D eigenvalue weighted by atomic mass is 32.1. The number of H-pyrrole nitrogens is 1. The molecule has 0 aliphatic carbocycles. The van der Waals surface area contributed by atoms with E-state index < -0.39 is 6.10 Å². The molecule has 1 aliphatic rings. The molecule has 1 aliphatic heterocycles. The molecule has 0 bridgehead atoms. The number of aromatic amines is 1. The molecule has 3 atom stereocenters. The van der Waals surface area contributed by atoms with Gasteiger partial charge >= 0.3 is 0 Å². The molecule has 3 heterocycles. The average Bonchev–Trinajstić information content (AvgIpc) is 3.35. The number of aliphatic hydroxyl groups is 1. The maximum Gasteiger partial charge on any atom is 0.128 e. The number of nitrogens with one attached hydrogen (secondary N) is 1. The summed E-state index contributed by atoms with van der Waals surface area (Å²) in [6, 6.07) is 15.6. The second-order valence-electron chi connectivity index (χ2n) is 9.37. The van der Waals surface area contributed by atoms with E-state index in [9.17, 15) is 5.11 Å². The van der Waals surface area contributed by atoms with Gasteiger partial charge in [0, 0.05) is 33.9 Å². The topological polar surface area (TPSA) is 48.5 Å². The number of piperidine rings is 1. The molecule has 0 amide bonds. The zero-order chi connectivity index (χ0) is 22.2. The minimum atomic E-state index is -0.505. The van der Waals surface area contributed by atoms with Gasteiger partial charge in [0.1, 0.15) is 18.5 Å². The fourth-order valence-electron chi connectivity index (χ4n) is 5.12. The summed E-state index contributed by atoms with van der Waals surface area (Å²) < 4.78 is 7.39. The highest BCUT2D eigenvalue weighted by molar-refractivity contribution is 7.17. The number of rotatable bonds is 6. The predicted octanol–water partition coefficient (Wildman–Crippen LogP) is 6.01. The Morgan fingerprint density at radius 2 is 2.06 bits per heavy atom. The van der Waals surface area contributed by atoms with Crippen molar-refractivity contribution in [1.29, 1.82) is 0 Å². The van der Waals surface area contributed by atoms with Crippen LogP contribution in [0.25, 0.3) is 21.0 Å². The Bertz CT molecular complexity index is 1230. The van der Waals surface area contributed by atoms with Crippen molar-refractivity contribution in [3.63, 3.8) is 0 Å². The van der Waals surface area contributed by atoms with Gasteiger partial charge in [-0.25, -0.2) is 0 Å². The van der Waals surface area contributed by atoms with E-state index in [-0.39, 0.29) is 0 Å². The van der Waals surface area contributed by atoms with Gasteiger partial charge in [0.2, 0.25) is 0 Å². The SMILES string of the molecule is Cc1cc2c(OC[C@@H](O)CN3CCC(c4ccc5scc(C)c5c4)CC3C)cccc2[nH]1. The van der Waals surface area contributed by atoms with Gasteiger partial charge in [0.15, 0.2) is 0 Å². The molecule has 0 radical (unpaired) electrons. The van der Waals surface area contributed by atoms with E-state index in [0.717, 1.165) is 41.7 Å². The van der Waals surface area contributed by atoms with Crippen molar-refractivity contribution in [3.8, 4) is 5.75 Å². The lowest BCUT2D eigenvalue weighted by Gasteiger charge is -2.38. The molecule has 0 spiro atoms. The first-order valence-corrected chi connectivity index (χ1v) is 12.5. The number of β-amino-alcohol motifs (C(OH)–C–C–N with tert-alkyl or cyclic N) is 1. The smallest absolute Gasteiger partial charge is 0.128 e. The van der Waals surface area contributed by atoms with Gasteiger partial charge in [-0.3, -0.25) is 4.90 Å². The lowest BCUT2D eigenvalue weighted by molar-refractivity contribution is 0.0406. The molecule has 2 unspecified atom stereocenters. The number of fused-ring (bicyclic) bond motifs is 2. The van der Waals surface area contributed by atoms with Crippen molar-refractivity contribution >= 4 is 32.3 Å². The largest absolute Gasteiger partial charge is 0.490 e. The van der Waals surface area contributed by atoms with Gasteiger partial charge in [-0.2, -0.15) is 0 Å². The van der Waals surface area contributed by atoms with Crippen molar-refractivity contribution in [1.82, 2.24) is 9.88 Å². The van der Waals surface area contributed by atoms with Gasteiger partial charge < -0.3 is 14.8 Å². The van der Waals surface area contributed by atoms with Crippen LogP contribution >= 0.6 is 11.3 Å². The minimum Gasteiger partial charge on any atom is -0.490 e. The van der Waals surface area contributed by atoms with Crippen LogP contribution < -0.4 is 4.74 Å². The average molecular weight is 449 g/mol. The van der Waals surface area contributed by atoms with Crippen molar-refractivity contribution in [2.45, 2.75) is 51.7 Å². The third kappa shape index (κ3) is 4.29. The molecular formula is C27H32N2O2S. The summed E-state index contributed by atoms with van der Waals surface area (Å²) in [6.45, 7) is 8.51. The van der Waals surface area contributed by atoms with Crippen molar-refractivity contribution in [2.75, 3.05) is 19.7 Å². The second kappa shape index (κ2) is 8.89. The summed E-state index contributed by atoms with van der Waals surface area (Å²) in [6.07, 6.45) is 1.76. The normalized spacial score (nSPS) is 20.8. The number of benzene rings is 2. The second-order valence-corrected chi connectivity index (χ2v) is 10.3. The zero-order valence-corrected chi connectivity index (χ0v) is 19.9. The molecule has 4 aromatic rings. The standard InChI is InChI=1S/C27H32N2O2S/c1-17-16-32-27-8-7-20(13-23(17)27)21-9-10-29(19(3)12-21)14-22(30)15-31-26-6-4-5-25-24(26)11-18(2)28-25/h4-8,11,13,16,19,21-22,28,30H,9-10,12,14-15H2,1-3H3/t19?,21?,22-/m0/s1. The highest BCUT2D eigenvalue weighted by Gasteiger charge is 2.28. The number of aromatic nitrogens is 1. The Morgan fingerprint density at radius 3 is 2.91 bits per heavy atom. The summed E-state index contributed by atoms with van der Waals surface area (Å²) in [5.41, 5.74) is 5.03. The maximum atomic E-state index is 10.7. The number of thiophene rings is 1. The quantitative estimate of drug-likeness (QED) is 0.380. The number of hydrogen-bond acceptors (Lipinski definition) is 4. The zero-order valence-electron chi connectivity index (χ0n) is 19.1. The van der Waals surface area contributed by atoms with Crippen LogP contribution in [-0.2, 0) is 0 Å². The van der Waals surface area contributed by atoms with E-state index in [0.29, 0.717) is 25.1 Å². The predicted molar refractivity (Wildman–Crippen MR) is 134 cm³/mol. The van der Waals surface area contributed by atoms with E-state index in [2.05, 4.69) is 59.4 Å². The van der Waals surface area contributed by atoms with Crippen molar-refractivity contribution < 1.29 is 9.84 Å². The van der Waals surface area contributed by atoms with Crippen LogP contribution in [0.15, 0.2) is 47.8 Å². The molecule has 2 N–H and O–H groups in total. The van der Waals surface area contributed by atoms with Crippen molar-refractivity contribution in [3.05, 3.63) is 64.7 Å². The van der Waals surface area contributed by atoms with Crippen LogP contribution in [0.5, 0.6) is 5.75 Å². The molecule has 0 saturated carbocycles. The van der Waals surface area contributed by atoms with Crippen LogP contribution in [0.3, 0.4) is 0 Å². The lowest BCUT2D eigenvalue weighted by Crippen LogP contribution is -2.45.